The third-order valence-electron chi connectivity index (χ3n) is 5.69. The zero-order chi connectivity index (χ0) is 13.8. The standard InChI is InChI=1S/C17H34N2/c1-13-12-19(4)14(2)11-17(13)18-15(3)16-9-7-5-6-8-10-16/h13-18H,5-12H2,1-4H3/t13?,14?,15-,17?/m1/s1. The lowest BCUT2D eigenvalue weighted by atomic mass is 9.86. The van der Waals surface area contributed by atoms with E-state index in [1.807, 2.05) is 0 Å². The number of likely N-dealkylation sites (tertiary alicyclic amines) is 1. The zero-order valence-electron chi connectivity index (χ0n) is 13.5. The van der Waals surface area contributed by atoms with Gasteiger partial charge in [-0.1, -0.05) is 32.6 Å². The molecule has 0 amide bonds. The average Bonchev–Trinajstić information content (AvgIpc) is 2.64. The first kappa shape index (κ1) is 15.3. The molecule has 1 heterocycles. The number of hydrogen-bond donors (Lipinski definition) is 1. The van der Waals surface area contributed by atoms with E-state index in [4.69, 9.17) is 0 Å². The normalized spacial score (nSPS) is 36.9. The van der Waals surface area contributed by atoms with Crippen LogP contribution in [0.15, 0.2) is 0 Å². The predicted molar refractivity (Wildman–Crippen MR) is 83.5 cm³/mol. The van der Waals surface area contributed by atoms with Gasteiger partial charge in [-0.05, 0) is 52.0 Å². The van der Waals surface area contributed by atoms with Gasteiger partial charge in [0.1, 0.15) is 0 Å². The molecule has 1 saturated carbocycles. The molecule has 0 spiro atoms. The van der Waals surface area contributed by atoms with Gasteiger partial charge >= 0.3 is 0 Å². The molecule has 2 nitrogen and oxygen atoms in total. The van der Waals surface area contributed by atoms with Gasteiger partial charge in [0.2, 0.25) is 0 Å². The molecule has 2 rings (SSSR count). The second-order valence-corrected chi connectivity index (χ2v) is 7.32. The van der Waals surface area contributed by atoms with Crippen molar-refractivity contribution in [3.8, 4) is 0 Å². The maximum Gasteiger partial charge on any atom is 0.0122 e. The van der Waals surface area contributed by atoms with Gasteiger partial charge in [0.15, 0.2) is 0 Å². The van der Waals surface area contributed by atoms with Crippen LogP contribution in [0.3, 0.4) is 0 Å². The molecule has 1 saturated heterocycles. The summed E-state index contributed by atoms with van der Waals surface area (Å²) < 4.78 is 0. The van der Waals surface area contributed by atoms with Crippen molar-refractivity contribution < 1.29 is 0 Å². The van der Waals surface area contributed by atoms with Crippen LogP contribution in [0, 0.1) is 11.8 Å². The molecular weight excluding hydrogens is 232 g/mol. The first-order valence-electron chi connectivity index (χ1n) is 8.54. The van der Waals surface area contributed by atoms with Crippen molar-refractivity contribution in [3.05, 3.63) is 0 Å². The molecule has 19 heavy (non-hydrogen) atoms. The highest BCUT2D eigenvalue weighted by atomic mass is 15.2. The molecule has 1 aliphatic heterocycles. The van der Waals surface area contributed by atoms with Crippen LogP contribution in [0.5, 0.6) is 0 Å². The molecular formula is C17H34N2. The predicted octanol–water partition coefficient (Wildman–Crippen LogP) is 3.66. The molecule has 112 valence electrons. The second kappa shape index (κ2) is 7.08. The highest BCUT2D eigenvalue weighted by Gasteiger charge is 2.31. The summed E-state index contributed by atoms with van der Waals surface area (Å²) >= 11 is 0. The molecule has 2 heteroatoms. The molecule has 0 aromatic rings. The number of hydrogen-bond acceptors (Lipinski definition) is 2. The Labute approximate surface area is 120 Å². The van der Waals surface area contributed by atoms with Crippen LogP contribution in [0.1, 0.15) is 65.7 Å². The van der Waals surface area contributed by atoms with Gasteiger partial charge in [-0.25, -0.2) is 0 Å². The Balaban J connectivity index is 1.85. The van der Waals surface area contributed by atoms with Crippen molar-refractivity contribution in [2.45, 2.75) is 83.8 Å². The van der Waals surface area contributed by atoms with Crippen molar-refractivity contribution in [2.24, 2.45) is 11.8 Å². The number of nitrogens with one attached hydrogen (secondary N) is 1. The van der Waals surface area contributed by atoms with Crippen molar-refractivity contribution >= 4 is 0 Å². The van der Waals surface area contributed by atoms with Crippen molar-refractivity contribution in [1.29, 1.82) is 0 Å². The first-order chi connectivity index (χ1) is 9.08. The Morgan fingerprint density at radius 1 is 1.05 bits per heavy atom. The number of piperidine rings is 1. The first-order valence-corrected chi connectivity index (χ1v) is 8.54. The Kier molecular flexibility index (Phi) is 5.70. The molecule has 0 aromatic heterocycles. The summed E-state index contributed by atoms with van der Waals surface area (Å²) in [5, 5.41) is 3.99. The van der Waals surface area contributed by atoms with Gasteiger partial charge in [0.25, 0.3) is 0 Å². The fourth-order valence-electron chi connectivity index (χ4n) is 4.06. The van der Waals surface area contributed by atoms with Crippen LogP contribution in [0.2, 0.25) is 0 Å². The Hall–Kier alpha value is -0.0800. The molecule has 4 atom stereocenters. The van der Waals surface area contributed by atoms with Crippen molar-refractivity contribution in [3.63, 3.8) is 0 Å². The van der Waals surface area contributed by atoms with Crippen LogP contribution in [-0.2, 0) is 0 Å². The van der Waals surface area contributed by atoms with Crippen molar-refractivity contribution in [1.82, 2.24) is 10.2 Å². The summed E-state index contributed by atoms with van der Waals surface area (Å²) in [6.45, 7) is 8.47. The van der Waals surface area contributed by atoms with E-state index in [0.29, 0.717) is 6.04 Å². The quantitative estimate of drug-likeness (QED) is 0.784. The molecule has 2 aliphatic rings. The van der Waals surface area contributed by atoms with Gasteiger partial charge in [-0.15, -0.1) is 0 Å². The molecule has 0 bridgehead atoms. The van der Waals surface area contributed by atoms with E-state index in [-0.39, 0.29) is 0 Å². The summed E-state index contributed by atoms with van der Waals surface area (Å²) in [6.07, 6.45) is 10.0. The van der Waals surface area contributed by atoms with E-state index in [1.54, 1.807) is 0 Å². The minimum Gasteiger partial charge on any atom is -0.311 e. The Morgan fingerprint density at radius 3 is 2.32 bits per heavy atom. The van der Waals surface area contributed by atoms with Crippen LogP contribution in [0.4, 0.5) is 0 Å². The van der Waals surface area contributed by atoms with E-state index >= 15 is 0 Å². The highest BCUT2D eigenvalue weighted by molar-refractivity contribution is 4.89. The minimum absolute atomic E-state index is 0.709. The fraction of sp³-hybridized carbons (Fsp3) is 1.00. The maximum atomic E-state index is 3.99. The van der Waals surface area contributed by atoms with E-state index in [2.05, 4.69) is 38.0 Å². The van der Waals surface area contributed by atoms with Crippen LogP contribution in [0.25, 0.3) is 0 Å². The van der Waals surface area contributed by atoms with Crippen molar-refractivity contribution in [2.75, 3.05) is 13.6 Å². The second-order valence-electron chi connectivity index (χ2n) is 7.32. The van der Waals surface area contributed by atoms with Gasteiger partial charge < -0.3 is 10.2 Å². The van der Waals surface area contributed by atoms with E-state index in [1.165, 1.54) is 51.5 Å². The smallest absolute Gasteiger partial charge is 0.0122 e. The van der Waals surface area contributed by atoms with Gasteiger partial charge in [0.05, 0.1) is 0 Å². The average molecular weight is 266 g/mol. The minimum atomic E-state index is 0.709. The molecule has 1 aliphatic carbocycles. The molecule has 2 fully saturated rings. The third kappa shape index (κ3) is 4.19. The lowest BCUT2D eigenvalue weighted by molar-refractivity contribution is 0.110. The Morgan fingerprint density at radius 2 is 1.68 bits per heavy atom. The molecule has 0 aromatic carbocycles. The summed E-state index contributed by atoms with van der Waals surface area (Å²) in [6, 6.07) is 2.17. The highest BCUT2D eigenvalue weighted by Crippen LogP contribution is 2.27. The SMILES string of the molecule is CC1CN(C)C(C)CC1N[C@H](C)C1CCCCCC1. The summed E-state index contributed by atoms with van der Waals surface area (Å²) in [4.78, 5) is 2.51. The lowest BCUT2D eigenvalue weighted by Crippen LogP contribution is -2.53. The van der Waals surface area contributed by atoms with Crippen LogP contribution in [-0.4, -0.2) is 36.6 Å². The lowest BCUT2D eigenvalue weighted by Gasteiger charge is -2.42. The van der Waals surface area contributed by atoms with Gasteiger partial charge in [-0.2, -0.15) is 0 Å². The molecule has 3 unspecified atom stereocenters. The van der Waals surface area contributed by atoms with Gasteiger partial charge in [0, 0.05) is 24.7 Å². The molecule has 0 radical (unpaired) electrons. The van der Waals surface area contributed by atoms with Crippen LogP contribution < -0.4 is 5.32 Å². The summed E-state index contributed by atoms with van der Waals surface area (Å²) in [5.74, 6) is 1.71. The Bertz CT molecular complexity index is 258. The maximum absolute atomic E-state index is 3.99. The number of nitrogens with zero attached hydrogens (tertiary/aromatic N) is 1. The monoisotopic (exact) mass is 266 g/mol. The number of rotatable bonds is 3. The summed E-state index contributed by atoms with van der Waals surface area (Å²) in [5.41, 5.74) is 0. The molecule has 1 N–H and O–H groups in total. The van der Waals surface area contributed by atoms with E-state index < -0.39 is 0 Å². The zero-order valence-corrected chi connectivity index (χ0v) is 13.5. The topological polar surface area (TPSA) is 15.3 Å². The fourth-order valence-corrected chi connectivity index (χ4v) is 4.06. The summed E-state index contributed by atoms with van der Waals surface area (Å²) in [7, 11) is 2.27. The van der Waals surface area contributed by atoms with Gasteiger partial charge in [-0.3, -0.25) is 0 Å². The third-order valence-corrected chi connectivity index (χ3v) is 5.69. The van der Waals surface area contributed by atoms with E-state index in [9.17, 15) is 0 Å². The van der Waals surface area contributed by atoms with Crippen LogP contribution >= 0.6 is 0 Å². The largest absolute Gasteiger partial charge is 0.311 e. The van der Waals surface area contributed by atoms with E-state index in [0.717, 1.165) is 23.9 Å².